The molecule has 2 aromatic rings. The summed E-state index contributed by atoms with van der Waals surface area (Å²) >= 11 is 1.72. The van der Waals surface area contributed by atoms with Gasteiger partial charge in [0.2, 0.25) is 5.95 Å². The standard InChI is InChI=1S/C15H18N6O2S/c1-22-10-3-5-17-9(12(10)23-2)7-21-13-11-8(20-21)4-6-24-14(11)19-15(16)18-13/h3,5,8,20H,4,6-7H2,1-2H3,(H2,16,18,19). The van der Waals surface area contributed by atoms with E-state index in [1.54, 1.807) is 38.2 Å². The van der Waals surface area contributed by atoms with Crippen LogP contribution in [0, 0.1) is 0 Å². The lowest BCUT2D eigenvalue weighted by atomic mass is 10.1. The average molecular weight is 346 g/mol. The summed E-state index contributed by atoms with van der Waals surface area (Å²) in [6, 6.07) is 1.99. The Kier molecular flexibility index (Phi) is 3.81. The number of thioether (sulfide) groups is 1. The molecule has 1 unspecified atom stereocenters. The number of hydrogen-bond donors (Lipinski definition) is 2. The Morgan fingerprint density at radius 1 is 1.38 bits per heavy atom. The normalized spacial score (nSPS) is 18.4. The van der Waals surface area contributed by atoms with Gasteiger partial charge in [-0.15, -0.1) is 11.8 Å². The van der Waals surface area contributed by atoms with E-state index in [0.717, 1.165) is 34.3 Å². The van der Waals surface area contributed by atoms with E-state index in [0.29, 0.717) is 18.0 Å². The van der Waals surface area contributed by atoms with Gasteiger partial charge in [-0.1, -0.05) is 0 Å². The minimum absolute atomic E-state index is 0.216. The molecule has 0 saturated heterocycles. The molecule has 9 heteroatoms. The lowest BCUT2D eigenvalue weighted by Gasteiger charge is -2.21. The maximum absolute atomic E-state index is 5.88. The Morgan fingerprint density at radius 2 is 2.25 bits per heavy atom. The molecule has 24 heavy (non-hydrogen) atoms. The highest BCUT2D eigenvalue weighted by atomic mass is 32.2. The van der Waals surface area contributed by atoms with Crippen molar-refractivity contribution in [3.63, 3.8) is 0 Å². The van der Waals surface area contributed by atoms with Crippen LogP contribution in [-0.4, -0.2) is 34.9 Å². The molecule has 0 aliphatic carbocycles. The van der Waals surface area contributed by atoms with Gasteiger partial charge in [-0.25, -0.2) is 10.4 Å². The molecule has 1 atom stereocenters. The summed E-state index contributed by atoms with van der Waals surface area (Å²) in [5.74, 6) is 3.40. The monoisotopic (exact) mass is 346 g/mol. The van der Waals surface area contributed by atoms with Gasteiger partial charge in [-0.3, -0.25) is 9.99 Å². The van der Waals surface area contributed by atoms with Crippen LogP contribution in [-0.2, 0) is 6.54 Å². The first-order chi connectivity index (χ1) is 11.7. The van der Waals surface area contributed by atoms with E-state index in [4.69, 9.17) is 15.2 Å². The zero-order valence-corrected chi connectivity index (χ0v) is 14.3. The molecule has 2 aromatic heterocycles. The summed E-state index contributed by atoms with van der Waals surface area (Å²) in [6.07, 6.45) is 2.73. The van der Waals surface area contributed by atoms with Crippen LogP contribution in [0.3, 0.4) is 0 Å². The number of methoxy groups -OCH3 is 2. The molecule has 0 aromatic carbocycles. The number of nitrogens with two attached hydrogens (primary N) is 1. The molecule has 4 heterocycles. The molecule has 0 saturated carbocycles. The second-order valence-electron chi connectivity index (χ2n) is 5.52. The van der Waals surface area contributed by atoms with Gasteiger partial charge in [0, 0.05) is 23.6 Å². The van der Waals surface area contributed by atoms with E-state index in [9.17, 15) is 0 Å². The molecule has 0 amide bonds. The first-order valence-corrected chi connectivity index (χ1v) is 8.59. The molecule has 2 aliphatic rings. The Hall–Kier alpha value is -2.26. The maximum Gasteiger partial charge on any atom is 0.223 e. The topological polar surface area (TPSA) is 98.4 Å². The second kappa shape index (κ2) is 5.99. The predicted octanol–water partition coefficient (Wildman–Crippen LogP) is 1.53. The number of rotatable bonds is 4. The van der Waals surface area contributed by atoms with Crippen molar-refractivity contribution in [2.75, 3.05) is 30.7 Å². The van der Waals surface area contributed by atoms with Gasteiger partial charge in [0.25, 0.3) is 0 Å². The van der Waals surface area contributed by atoms with Gasteiger partial charge < -0.3 is 15.2 Å². The van der Waals surface area contributed by atoms with Crippen LogP contribution < -0.4 is 25.6 Å². The van der Waals surface area contributed by atoms with Gasteiger partial charge >= 0.3 is 0 Å². The summed E-state index contributed by atoms with van der Waals surface area (Å²) in [5, 5.41) is 2.94. The first-order valence-electron chi connectivity index (χ1n) is 7.61. The van der Waals surface area contributed by atoms with Crippen LogP contribution in [0.5, 0.6) is 11.5 Å². The summed E-state index contributed by atoms with van der Waals surface area (Å²) in [7, 11) is 3.22. The summed E-state index contributed by atoms with van der Waals surface area (Å²) in [4.78, 5) is 13.2. The van der Waals surface area contributed by atoms with Crippen molar-refractivity contribution in [3.05, 3.63) is 23.5 Å². The van der Waals surface area contributed by atoms with E-state index >= 15 is 0 Å². The zero-order chi connectivity index (χ0) is 16.7. The van der Waals surface area contributed by atoms with Gasteiger partial charge in [0.15, 0.2) is 17.3 Å². The molecular weight excluding hydrogens is 328 g/mol. The quantitative estimate of drug-likeness (QED) is 0.799. The third-order valence-electron chi connectivity index (χ3n) is 4.14. The van der Waals surface area contributed by atoms with E-state index in [1.165, 1.54) is 0 Å². The number of aromatic nitrogens is 3. The highest BCUT2D eigenvalue weighted by Crippen LogP contribution is 2.44. The van der Waals surface area contributed by atoms with E-state index in [2.05, 4.69) is 20.4 Å². The Balaban J connectivity index is 1.71. The van der Waals surface area contributed by atoms with E-state index < -0.39 is 0 Å². The molecule has 8 nitrogen and oxygen atoms in total. The molecule has 0 fully saturated rings. The van der Waals surface area contributed by atoms with Crippen LogP contribution in [0.25, 0.3) is 0 Å². The fourth-order valence-corrected chi connectivity index (χ4v) is 4.20. The van der Waals surface area contributed by atoms with Gasteiger partial charge in [-0.05, 0) is 6.42 Å². The minimum Gasteiger partial charge on any atom is -0.493 e. The maximum atomic E-state index is 5.88. The van der Waals surface area contributed by atoms with Gasteiger partial charge in [0.05, 0.1) is 26.8 Å². The molecule has 0 radical (unpaired) electrons. The van der Waals surface area contributed by atoms with Crippen molar-refractivity contribution in [2.24, 2.45) is 0 Å². The number of nitrogen functional groups attached to an aromatic ring is 1. The Bertz CT molecular complexity index is 787. The van der Waals surface area contributed by atoms with Crippen molar-refractivity contribution < 1.29 is 9.47 Å². The summed E-state index contributed by atoms with van der Waals surface area (Å²) in [6.45, 7) is 0.491. The average Bonchev–Trinajstić information content (AvgIpc) is 2.93. The lowest BCUT2D eigenvalue weighted by Crippen LogP contribution is -2.35. The number of hydrogen-bond acceptors (Lipinski definition) is 9. The molecule has 0 spiro atoms. The molecule has 4 rings (SSSR count). The zero-order valence-electron chi connectivity index (χ0n) is 13.4. The summed E-state index contributed by atoms with van der Waals surface area (Å²) < 4.78 is 10.8. The molecule has 2 aliphatic heterocycles. The fraction of sp³-hybridized carbons (Fsp3) is 0.400. The van der Waals surface area contributed by atoms with Crippen molar-refractivity contribution in [1.29, 1.82) is 0 Å². The van der Waals surface area contributed by atoms with E-state index in [-0.39, 0.29) is 12.0 Å². The fourth-order valence-electron chi connectivity index (χ4n) is 3.10. The number of pyridine rings is 1. The second-order valence-corrected chi connectivity index (χ2v) is 6.61. The van der Waals surface area contributed by atoms with Crippen LogP contribution in [0.4, 0.5) is 11.8 Å². The van der Waals surface area contributed by atoms with Crippen molar-refractivity contribution in [1.82, 2.24) is 20.4 Å². The third-order valence-corrected chi connectivity index (χ3v) is 5.17. The molecule has 126 valence electrons. The number of nitrogens with zero attached hydrogens (tertiary/aromatic N) is 4. The van der Waals surface area contributed by atoms with E-state index in [1.807, 2.05) is 5.01 Å². The summed E-state index contributed by atoms with van der Waals surface area (Å²) in [5.41, 5.74) is 11.3. The Morgan fingerprint density at radius 3 is 3.04 bits per heavy atom. The minimum atomic E-state index is 0.216. The van der Waals surface area contributed by atoms with Crippen molar-refractivity contribution in [3.8, 4) is 11.5 Å². The van der Waals surface area contributed by atoms with Crippen molar-refractivity contribution in [2.45, 2.75) is 24.0 Å². The number of ether oxygens (including phenoxy) is 2. The van der Waals surface area contributed by atoms with Gasteiger partial charge in [-0.2, -0.15) is 4.98 Å². The SMILES string of the molecule is COc1ccnc(CN2NC3CCSc4nc(N)nc2c43)c1OC. The van der Waals surface area contributed by atoms with Gasteiger partial charge in [0.1, 0.15) is 10.7 Å². The highest BCUT2D eigenvalue weighted by molar-refractivity contribution is 7.99. The Labute approximate surface area is 143 Å². The molecular formula is C15H18N6O2S. The largest absolute Gasteiger partial charge is 0.493 e. The lowest BCUT2D eigenvalue weighted by molar-refractivity contribution is 0.348. The molecule has 3 N–H and O–H groups in total. The van der Waals surface area contributed by atoms with Crippen LogP contribution in [0.2, 0.25) is 0 Å². The van der Waals surface area contributed by atoms with Crippen LogP contribution in [0.15, 0.2) is 17.3 Å². The van der Waals surface area contributed by atoms with Crippen LogP contribution in [0.1, 0.15) is 23.7 Å². The predicted molar refractivity (Wildman–Crippen MR) is 91.2 cm³/mol. The third kappa shape index (κ3) is 2.40. The molecule has 0 bridgehead atoms. The number of nitrogens with one attached hydrogen (secondary N) is 1. The number of anilines is 2. The van der Waals surface area contributed by atoms with Crippen molar-refractivity contribution >= 4 is 23.5 Å². The first kappa shape index (κ1) is 15.3. The number of hydrazine groups is 1. The highest BCUT2D eigenvalue weighted by Gasteiger charge is 2.36. The van der Waals surface area contributed by atoms with Crippen LogP contribution >= 0.6 is 11.8 Å². The smallest absolute Gasteiger partial charge is 0.223 e.